The second kappa shape index (κ2) is 8.33. The first-order valence-electron chi connectivity index (χ1n) is 11.1. The number of H-pyrrole nitrogens is 1. The Balaban J connectivity index is 1.67. The second-order valence-electron chi connectivity index (χ2n) is 8.72. The zero-order valence-corrected chi connectivity index (χ0v) is 19.1. The van der Waals surface area contributed by atoms with Crippen molar-refractivity contribution in [2.24, 2.45) is 5.73 Å². The molecular formula is C24H23F3N8. The Kier molecular flexibility index (Phi) is 5.42. The van der Waals surface area contributed by atoms with Gasteiger partial charge in [-0.25, -0.2) is 15.0 Å². The highest BCUT2D eigenvalue weighted by molar-refractivity contribution is 6.25. The summed E-state index contributed by atoms with van der Waals surface area (Å²) in [5.41, 5.74) is 8.28. The minimum absolute atomic E-state index is 0.0769. The average molecular weight is 480 g/mol. The van der Waals surface area contributed by atoms with Crippen LogP contribution in [-0.4, -0.2) is 43.1 Å². The van der Waals surface area contributed by atoms with Crippen molar-refractivity contribution in [3.8, 4) is 0 Å². The van der Waals surface area contributed by atoms with Crippen LogP contribution in [0.25, 0.3) is 27.4 Å². The molecule has 5 N–H and O–H groups in total. The third-order valence-corrected chi connectivity index (χ3v) is 6.27. The molecule has 0 saturated carbocycles. The van der Waals surface area contributed by atoms with E-state index in [1.54, 1.807) is 18.3 Å². The molecule has 11 heteroatoms. The number of nitrogens with two attached hydrogens (primary N) is 1. The number of aromatic amines is 1. The van der Waals surface area contributed by atoms with E-state index in [1.165, 1.54) is 0 Å². The predicted octanol–water partition coefficient (Wildman–Crippen LogP) is 4.37. The number of nitrogens with zero attached hydrogens (tertiary/aromatic N) is 4. The molecule has 1 atom stereocenters. The van der Waals surface area contributed by atoms with E-state index in [1.807, 2.05) is 19.9 Å². The van der Waals surface area contributed by atoms with E-state index >= 15 is 0 Å². The summed E-state index contributed by atoms with van der Waals surface area (Å²) >= 11 is 0. The van der Waals surface area contributed by atoms with E-state index < -0.39 is 17.5 Å². The number of hydrogen-bond donors (Lipinski definition) is 4. The van der Waals surface area contributed by atoms with Gasteiger partial charge in [-0.3, -0.25) is 10.5 Å². The van der Waals surface area contributed by atoms with Gasteiger partial charge < -0.3 is 11.1 Å². The van der Waals surface area contributed by atoms with Gasteiger partial charge in [-0.05, 0) is 62.4 Å². The summed E-state index contributed by atoms with van der Waals surface area (Å²) in [7, 11) is 0. The Morgan fingerprint density at radius 2 is 1.91 bits per heavy atom. The molecule has 0 bridgehead atoms. The molecule has 3 heterocycles. The third kappa shape index (κ3) is 4.07. The Bertz CT molecular complexity index is 1480. The standard InChI is InChI=1S/C24H23F3N8/c1-11-7-12(2)32-23(31-11)33-13-3-4-14-15(8-13)21(16(9-28)22(29)24(25,26)27)34-19-6-5-18-17(20(14)19)10-30-35-18/h5-7,9-10,13,29H,3-4,8,28H2,1-2H3,(H,30,35)(H,31,32,33)/b16-9-,29-22?. The summed E-state index contributed by atoms with van der Waals surface area (Å²) in [6, 6.07) is 5.27. The van der Waals surface area contributed by atoms with Gasteiger partial charge in [-0.1, -0.05) is 0 Å². The molecule has 0 radical (unpaired) electrons. The highest BCUT2D eigenvalue weighted by Gasteiger charge is 2.39. The van der Waals surface area contributed by atoms with Crippen LogP contribution in [0.3, 0.4) is 0 Å². The molecule has 0 spiro atoms. The molecule has 1 aliphatic rings. The smallest absolute Gasteiger partial charge is 0.404 e. The Hall–Kier alpha value is -4.02. The molecule has 8 nitrogen and oxygen atoms in total. The lowest BCUT2D eigenvalue weighted by molar-refractivity contribution is -0.0578. The van der Waals surface area contributed by atoms with Gasteiger partial charge in [-0.2, -0.15) is 18.3 Å². The fraction of sp³-hybridized carbons (Fsp3) is 0.292. The van der Waals surface area contributed by atoms with Crippen LogP contribution >= 0.6 is 0 Å². The molecule has 1 aliphatic carbocycles. The van der Waals surface area contributed by atoms with Crippen molar-refractivity contribution in [3.05, 3.63) is 58.8 Å². The maximum Gasteiger partial charge on any atom is 0.433 e. The molecule has 35 heavy (non-hydrogen) atoms. The van der Waals surface area contributed by atoms with E-state index in [0.717, 1.165) is 39.4 Å². The number of aryl methyl sites for hydroxylation is 3. The number of nitrogens with one attached hydrogen (secondary N) is 3. The Morgan fingerprint density at radius 1 is 1.17 bits per heavy atom. The van der Waals surface area contributed by atoms with Gasteiger partial charge in [0, 0.05) is 40.0 Å². The normalized spacial score (nSPS) is 16.5. The van der Waals surface area contributed by atoms with Gasteiger partial charge in [-0.15, -0.1) is 0 Å². The van der Waals surface area contributed by atoms with Crippen LogP contribution in [0.4, 0.5) is 19.1 Å². The molecule has 3 aromatic heterocycles. The largest absolute Gasteiger partial charge is 0.433 e. The summed E-state index contributed by atoms with van der Waals surface area (Å²) in [4.78, 5) is 13.5. The van der Waals surface area contributed by atoms with Gasteiger partial charge in [0.25, 0.3) is 0 Å². The van der Waals surface area contributed by atoms with Crippen molar-refractivity contribution in [1.82, 2.24) is 25.1 Å². The minimum Gasteiger partial charge on any atom is -0.404 e. The van der Waals surface area contributed by atoms with E-state index in [4.69, 9.17) is 11.1 Å². The number of fused-ring (bicyclic) bond motifs is 5. The second-order valence-corrected chi connectivity index (χ2v) is 8.72. The SMILES string of the molecule is Cc1cc(C)nc(NC2CCc3c(c(/C(=C/N)C(=N)C(F)(F)F)nc4ccc5[nH]ncc5c34)C2)n1. The third-order valence-electron chi connectivity index (χ3n) is 6.27. The van der Waals surface area contributed by atoms with Crippen LogP contribution in [0, 0.1) is 19.3 Å². The van der Waals surface area contributed by atoms with Crippen molar-refractivity contribution in [1.29, 1.82) is 5.41 Å². The number of alkyl halides is 3. The summed E-state index contributed by atoms with van der Waals surface area (Å²) in [5, 5.41) is 19.9. The lowest BCUT2D eigenvalue weighted by Gasteiger charge is -2.29. The van der Waals surface area contributed by atoms with Gasteiger partial charge in [0.1, 0.15) is 5.71 Å². The summed E-state index contributed by atoms with van der Waals surface area (Å²) < 4.78 is 40.6. The first-order chi connectivity index (χ1) is 16.7. The molecule has 0 amide bonds. The van der Waals surface area contributed by atoms with Crippen LogP contribution in [-0.2, 0) is 12.8 Å². The Morgan fingerprint density at radius 3 is 2.60 bits per heavy atom. The Labute approximate surface area is 198 Å². The zero-order chi connectivity index (χ0) is 24.9. The average Bonchev–Trinajstić information content (AvgIpc) is 3.27. The quantitative estimate of drug-likeness (QED) is 0.321. The molecular weight excluding hydrogens is 457 g/mol. The number of anilines is 1. The number of benzene rings is 1. The summed E-state index contributed by atoms with van der Waals surface area (Å²) in [6.07, 6.45) is -0.655. The van der Waals surface area contributed by atoms with Gasteiger partial charge in [0.05, 0.1) is 22.9 Å². The van der Waals surface area contributed by atoms with Crippen LogP contribution < -0.4 is 11.1 Å². The monoisotopic (exact) mass is 480 g/mol. The maximum atomic E-state index is 13.5. The molecule has 0 fully saturated rings. The van der Waals surface area contributed by atoms with Crippen LogP contribution in [0.5, 0.6) is 0 Å². The van der Waals surface area contributed by atoms with Crippen molar-refractivity contribution in [3.63, 3.8) is 0 Å². The number of rotatable bonds is 4. The molecule has 0 saturated heterocycles. The van der Waals surface area contributed by atoms with Gasteiger partial charge in [0.2, 0.25) is 5.95 Å². The molecule has 5 rings (SSSR count). The van der Waals surface area contributed by atoms with Gasteiger partial charge in [0.15, 0.2) is 0 Å². The number of halogens is 3. The fourth-order valence-corrected chi connectivity index (χ4v) is 4.81. The van der Waals surface area contributed by atoms with Crippen molar-refractivity contribution in [2.75, 3.05) is 5.32 Å². The fourth-order valence-electron chi connectivity index (χ4n) is 4.81. The summed E-state index contributed by atoms with van der Waals surface area (Å²) in [6.45, 7) is 3.75. The number of hydrogen-bond acceptors (Lipinski definition) is 7. The van der Waals surface area contributed by atoms with Crippen molar-refractivity contribution >= 4 is 39.0 Å². The highest BCUT2D eigenvalue weighted by atomic mass is 19.4. The number of pyridine rings is 1. The van der Waals surface area contributed by atoms with Crippen LogP contribution in [0.15, 0.2) is 30.6 Å². The first kappa shape index (κ1) is 22.8. The predicted molar refractivity (Wildman–Crippen MR) is 128 cm³/mol. The molecule has 0 aliphatic heterocycles. The maximum absolute atomic E-state index is 13.5. The van der Waals surface area contributed by atoms with E-state index in [0.29, 0.717) is 36.3 Å². The first-order valence-corrected chi connectivity index (χ1v) is 11.1. The molecule has 180 valence electrons. The molecule has 1 aromatic carbocycles. The van der Waals surface area contributed by atoms with Crippen LogP contribution in [0.2, 0.25) is 0 Å². The van der Waals surface area contributed by atoms with E-state index in [9.17, 15) is 13.2 Å². The van der Waals surface area contributed by atoms with E-state index in [-0.39, 0.29) is 11.7 Å². The zero-order valence-electron chi connectivity index (χ0n) is 19.1. The highest BCUT2D eigenvalue weighted by Crippen LogP contribution is 2.38. The minimum atomic E-state index is -4.86. The van der Waals surface area contributed by atoms with Gasteiger partial charge >= 0.3 is 6.18 Å². The topological polar surface area (TPSA) is 129 Å². The summed E-state index contributed by atoms with van der Waals surface area (Å²) in [5.74, 6) is 0.473. The lowest BCUT2D eigenvalue weighted by atomic mass is 9.82. The number of allylic oxidation sites excluding steroid dienone is 1. The molecule has 1 unspecified atom stereocenters. The van der Waals surface area contributed by atoms with Crippen molar-refractivity contribution < 1.29 is 13.2 Å². The van der Waals surface area contributed by atoms with E-state index in [2.05, 4.69) is 30.5 Å². The van der Waals surface area contributed by atoms with Crippen molar-refractivity contribution in [2.45, 2.75) is 45.3 Å². The van der Waals surface area contributed by atoms with Crippen LogP contribution in [0.1, 0.15) is 34.6 Å². The lowest BCUT2D eigenvalue weighted by Crippen LogP contribution is -2.31. The number of aromatic nitrogens is 5. The molecule has 4 aromatic rings.